The Hall–Kier alpha value is -3.17. The van der Waals surface area contributed by atoms with E-state index in [9.17, 15) is 9.90 Å². The molecule has 6 atom stereocenters. The van der Waals surface area contributed by atoms with Crippen LogP contribution in [0.2, 0.25) is 5.02 Å². The lowest BCUT2D eigenvalue weighted by molar-refractivity contribution is -0.313. The molecular formula is C29H33ClN6O6S. The van der Waals surface area contributed by atoms with Crippen LogP contribution < -0.4 is 10.9 Å². The summed E-state index contributed by atoms with van der Waals surface area (Å²) in [6.45, 7) is 9.14. The highest BCUT2D eigenvalue weighted by Crippen LogP contribution is 2.40. The summed E-state index contributed by atoms with van der Waals surface area (Å²) in [6, 6.07) is 12.3. The van der Waals surface area contributed by atoms with E-state index in [0.29, 0.717) is 27.9 Å². The molecule has 14 heteroatoms. The molecule has 4 heterocycles. The Kier molecular flexibility index (Phi) is 8.15. The van der Waals surface area contributed by atoms with Gasteiger partial charge in [-0.05, 0) is 46.8 Å². The highest BCUT2D eigenvalue weighted by Gasteiger charge is 2.51. The van der Waals surface area contributed by atoms with Crippen LogP contribution in [0.5, 0.6) is 0 Å². The van der Waals surface area contributed by atoms with Crippen LogP contribution in [0.3, 0.4) is 0 Å². The second kappa shape index (κ2) is 11.7. The standard InChI is InChI=1S/C29H33ClN6O6S/c1-14-31-26(36(35-14)17-11-18(30)21-20(12-17)43-15(2)32-21)25-23(37)22(33-34-28(38)42-29(3,4)5)24-19(40-25)13-39-27(41-24)16-9-7-6-8-10-16/h6-12,19,22-25,27,33,37H,13H2,1-5H3,(H,34,38)/t19?,22?,23?,24-,25+,27?/m0/s1. The van der Waals surface area contributed by atoms with Gasteiger partial charge in [-0.3, -0.25) is 5.43 Å². The van der Waals surface area contributed by atoms with Crippen LogP contribution in [0.25, 0.3) is 15.9 Å². The van der Waals surface area contributed by atoms with Crippen molar-refractivity contribution in [1.82, 2.24) is 30.6 Å². The number of benzene rings is 2. The van der Waals surface area contributed by atoms with E-state index < -0.39 is 48.4 Å². The van der Waals surface area contributed by atoms with Crippen LogP contribution in [0.1, 0.15) is 55.4 Å². The van der Waals surface area contributed by atoms with Crippen molar-refractivity contribution in [3.05, 3.63) is 69.7 Å². The molecule has 4 aromatic rings. The monoisotopic (exact) mass is 628 g/mol. The number of hydrogen-bond donors (Lipinski definition) is 3. The summed E-state index contributed by atoms with van der Waals surface area (Å²) in [7, 11) is 0. The summed E-state index contributed by atoms with van der Waals surface area (Å²) in [5.74, 6) is 0.829. The highest BCUT2D eigenvalue weighted by molar-refractivity contribution is 7.18. The number of ether oxygens (including phenoxy) is 4. The van der Waals surface area contributed by atoms with E-state index in [-0.39, 0.29) is 6.61 Å². The van der Waals surface area contributed by atoms with Crippen molar-refractivity contribution in [1.29, 1.82) is 0 Å². The molecule has 2 fully saturated rings. The second-order valence-corrected chi connectivity index (χ2v) is 13.1. The number of carbonyl (C=O) groups excluding carboxylic acids is 1. The first-order valence-electron chi connectivity index (χ1n) is 13.9. The van der Waals surface area contributed by atoms with E-state index in [1.165, 1.54) is 11.3 Å². The van der Waals surface area contributed by atoms with Gasteiger partial charge < -0.3 is 24.1 Å². The lowest BCUT2D eigenvalue weighted by atomic mass is 9.91. The molecule has 43 heavy (non-hydrogen) atoms. The molecule has 0 bridgehead atoms. The molecule has 228 valence electrons. The molecule has 2 aromatic carbocycles. The van der Waals surface area contributed by atoms with Crippen molar-refractivity contribution >= 4 is 39.2 Å². The lowest BCUT2D eigenvalue weighted by Gasteiger charge is -2.48. The van der Waals surface area contributed by atoms with Crippen LogP contribution in [-0.4, -0.2) is 67.5 Å². The summed E-state index contributed by atoms with van der Waals surface area (Å²) >= 11 is 8.12. The number of aryl methyl sites for hydroxylation is 2. The number of aromatic nitrogens is 4. The van der Waals surface area contributed by atoms with Gasteiger partial charge in [0, 0.05) is 5.56 Å². The van der Waals surface area contributed by atoms with Crippen molar-refractivity contribution in [3.63, 3.8) is 0 Å². The van der Waals surface area contributed by atoms with Gasteiger partial charge in [0.15, 0.2) is 12.1 Å². The van der Waals surface area contributed by atoms with Gasteiger partial charge in [0.1, 0.15) is 41.4 Å². The quantitative estimate of drug-likeness (QED) is 0.271. The Morgan fingerprint density at radius 1 is 1.16 bits per heavy atom. The predicted octanol–water partition coefficient (Wildman–Crippen LogP) is 4.46. The molecule has 0 saturated carbocycles. The van der Waals surface area contributed by atoms with Gasteiger partial charge in [-0.2, -0.15) is 5.10 Å². The number of aliphatic hydroxyl groups excluding tert-OH is 1. The van der Waals surface area contributed by atoms with Gasteiger partial charge in [-0.1, -0.05) is 41.9 Å². The first-order chi connectivity index (χ1) is 20.5. The average Bonchev–Trinajstić information content (AvgIpc) is 3.53. The van der Waals surface area contributed by atoms with Crippen LogP contribution in [0.4, 0.5) is 4.79 Å². The number of fused-ring (bicyclic) bond motifs is 2. The molecule has 0 spiro atoms. The number of amides is 1. The second-order valence-electron chi connectivity index (χ2n) is 11.5. The maximum atomic E-state index is 12.6. The third-order valence-corrected chi connectivity index (χ3v) is 8.21. The summed E-state index contributed by atoms with van der Waals surface area (Å²) in [4.78, 5) is 21.7. The minimum Gasteiger partial charge on any atom is -0.443 e. The smallest absolute Gasteiger partial charge is 0.422 e. The molecule has 0 aliphatic carbocycles. The van der Waals surface area contributed by atoms with Crippen molar-refractivity contribution in [2.75, 3.05) is 6.61 Å². The predicted molar refractivity (Wildman–Crippen MR) is 159 cm³/mol. The molecule has 6 rings (SSSR count). The normalized spacial score (nSPS) is 25.8. The zero-order valence-electron chi connectivity index (χ0n) is 24.3. The van der Waals surface area contributed by atoms with Crippen molar-refractivity contribution in [2.45, 2.75) is 77.0 Å². The SMILES string of the molecule is Cc1nc([C@@H]2OC3COC(c4ccccc4)O[C@@H]3C(NNC(=O)OC(C)(C)C)C2O)n(-c2cc(Cl)c3nc(C)sc3c2)n1. The van der Waals surface area contributed by atoms with Crippen LogP contribution in [-0.2, 0) is 18.9 Å². The first-order valence-corrected chi connectivity index (χ1v) is 15.1. The molecule has 2 saturated heterocycles. The molecule has 2 aliphatic heterocycles. The van der Waals surface area contributed by atoms with E-state index in [2.05, 4.69) is 25.9 Å². The molecule has 2 aromatic heterocycles. The summed E-state index contributed by atoms with van der Waals surface area (Å²) in [6.07, 6.45) is -4.93. The van der Waals surface area contributed by atoms with Gasteiger partial charge in [-0.15, -0.1) is 11.3 Å². The highest BCUT2D eigenvalue weighted by atomic mass is 35.5. The third kappa shape index (κ3) is 6.25. The number of thiazole rings is 1. The fraction of sp³-hybridized carbons (Fsp3) is 0.448. The van der Waals surface area contributed by atoms with E-state index in [1.54, 1.807) is 38.4 Å². The largest absolute Gasteiger partial charge is 0.443 e. The number of carbonyl (C=O) groups is 1. The Morgan fingerprint density at radius 3 is 2.67 bits per heavy atom. The summed E-state index contributed by atoms with van der Waals surface area (Å²) < 4.78 is 26.7. The molecule has 2 aliphatic rings. The number of nitrogens with one attached hydrogen (secondary N) is 2. The van der Waals surface area contributed by atoms with E-state index in [0.717, 1.165) is 15.3 Å². The maximum absolute atomic E-state index is 12.6. The van der Waals surface area contributed by atoms with Gasteiger partial charge in [-0.25, -0.2) is 24.9 Å². The molecule has 3 N–H and O–H groups in total. The number of rotatable bonds is 5. The first kappa shape index (κ1) is 29.9. The Bertz CT molecular complexity index is 1620. The fourth-order valence-corrected chi connectivity index (χ4v) is 6.46. The molecular weight excluding hydrogens is 596 g/mol. The fourth-order valence-electron chi connectivity index (χ4n) is 5.26. The Balaban J connectivity index is 1.33. The number of nitrogens with zero attached hydrogens (tertiary/aromatic N) is 4. The topological polar surface area (TPSA) is 142 Å². The van der Waals surface area contributed by atoms with Gasteiger partial charge in [0.25, 0.3) is 0 Å². The molecule has 0 radical (unpaired) electrons. The lowest BCUT2D eigenvalue weighted by Crippen LogP contribution is -2.66. The van der Waals surface area contributed by atoms with Crippen molar-refractivity contribution in [3.8, 4) is 5.69 Å². The Labute approximate surface area is 257 Å². The Morgan fingerprint density at radius 2 is 1.93 bits per heavy atom. The maximum Gasteiger partial charge on any atom is 0.422 e. The van der Waals surface area contributed by atoms with E-state index >= 15 is 0 Å². The summed E-state index contributed by atoms with van der Waals surface area (Å²) in [5.41, 5.74) is 6.97. The number of hydrogen-bond acceptors (Lipinski definition) is 11. The number of hydrazine groups is 1. The molecule has 4 unspecified atom stereocenters. The van der Waals surface area contributed by atoms with Crippen LogP contribution >= 0.6 is 22.9 Å². The van der Waals surface area contributed by atoms with Crippen LogP contribution in [0.15, 0.2) is 42.5 Å². The minimum atomic E-state index is -1.24. The zero-order valence-corrected chi connectivity index (χ0v) is 25.8. The van der Waals surface area contributed by atoms with Crippen molar-refractivity contribution < 1.29 is 28.8 Å². The summed E-state index contributed by atoms with van der Waals surface area (Å²) in [5, 5.41) is 17.8. The number of halogens is 1. The van der Waals surface area contributed by atoms with E-state index in [1.807, 2.05) is 43.3 Å². The minimum absolute atomic E-state index is 0.170. The molecule has 12 nitrogen and oxygen atoms in total. The van der Waals surface area contributed by atoms with Gasteiger partial charge >= 0.3 is 6.09 Å². The van der Waals surface area contributed by atoms with E-state index in [4.69, 9.17) is 30.5 Å². The zero-order chi connectivity index (χ0) is 30.5. The molecule has 1 amide bonds. The average molecular weight is 629 g/mol. The third-order valence-electron chi connectivity index (χ3n) is 7.00. The van der Waals surface area contributed by atoms with Crippen molar-refractivity contribution in [2.24, 2.45) is 0 Å². The van der Waals surface area contributed by atoms with Gasteiger partial charge in [0.05, 0.1) is 33.1 Å². The van der Waals surface area contributed by atoms with Crippen LogP contribution in [0, 0.1) is 13.8 Å². The van der Waals surface area contributed by atoms with Gasteiger partial charge in [0.2, 0.25) is 0 Å². The number of aliphatic hydroxyl groups is 1.